The third kappa shape index (κ3) is 2.66. The van der Waals surface area contributed by atoms with Crippen molar-refractivity contribution in [3.8, 4) is 0 Å². The van der Waals surface area contributed by atoms with Gasteiger partial charge in [0.2, 0.25) is 0 Å². The number of carboxylic acids is 1. The molecule has 0 radical (unpaired) electrons. The van der Waals surface area contributed by atoms with E-state index < -0.39 is 5.97 Å². The molecule has 20 heavy (non-hydrogen) atoms. The molecule has 2 rings (SSSR count). The maximum absolute atomic E-state index is 11.4. The van der Waals surface area contributed by atoms with Gasteiger partial charge in [-0.2, -0.15) is 0 Å². The van der Waals surface area contributed by atoms with Crippen molar-refractivity contribution >= 4 is 11.7 Å². The van der Waals surface area contributed by atoms with Crippen molar-refractivity contribution in [2.45, 2.75) is 31.7 Å². The molecular weight excluding hydrogens is 252 g/mol. The van der Waals surface area contributed by atoms with Gasteiger partial charge in [0, 0.05) is 19.1 Å². The number of hydrogen-bond donors (Lipinski definition) is 1. The van der Waals surface area contributed by atoms with Crippen molar-refractivity contribution in [3.63, 3.8) is 0 Å². The summed E-state index contributed by atoms with van der Waals surface area (Å²) in [7, 11) is 6.22. The van der Waals surface area contributed by atoms with E-state index in [2.05, 4.69) is 23.9 Å². The van der Waals surface area contributed by atoms with Crippen LogP contribution in [0.15, 0.2) is 18.2 Å². The predicted molar refractivity (Wildman–Crippen MR) is 81.7 cm³/mol. The summed E-state index contributed by atoms with van der Waals surface area (Å²) < 4.78 is 0. The van der Waals surface area contributed by atoms with E-state index in [1.54, 1.807) is 6.07 Å². The first kappa shape index (κ1) is 14.9. The minimum absolute atomic E-state index is 0.189. The topological polar surface area (TPSA) is 43.8 Å². The second kappa shape index (κ2) is 5.44. The highest BCUT2D eigenvalue weighted by Crippen LogP contribution is 2.38. The third-order valence-corrected chi connectivity index (χ3v) is 4.56. The molecule has 0 atom stereocenters. The minimum atomic E-state index is -0.862. The summed E-state index contributed by atoms with van der Waals surface area (Å²) in [5.41, 5.74) is 2.47. The van der Waals surface area contributed by atoms with Gasteiger partial charge in [0.05, 0.1) is 11.3 Å². The highest BCUT2D eigenvalue weighted by molar-refractivity contribution is 5.94. The first-order chi connectivity index (χ1) is 9.35. The van der Waals surface area contributed by atoms with E-state index in [1.165, 1.54) is 19.3 Å². The van der Waals surface area contributed by atoms with Gasteiger partial charge < -0.3 is 14.9 Å². The van der Waals surface area contributed by atoms with E-state index in [1.807, 2.05) is 26.1 Å². The van der Waals surface area contributed by atoms with E-state index in [4.69, 9.17) is 0 Å². The zero-order chi connectivity index (χ0) is 14.9. The maximum Gasteiger partial charge on any atom is 0.337 e. The summed E-state index contributed by atoms with van der Waals surface area (Å²) in [6.07, 6.45) is 3.61. The molecule has 0 saturated heterocycles. The summed E-state index contributed by atoms with van der Waals surface area (Å²) in [4.78, 5) is 15.8. The molecule has 1 aliphatic rings. The molecule has 1 aliphatic carbocycles. The Labute approximate surface area is 121 Å². The van der Waals surface area contributed by atoms with Gasteiger partial charge in [-0.25, -0.2) is 4.79 Å². The smallest absolute Gasteiger partial charge is 0.337 e. The highest BCUT2D eigenvalue weighted by atomic mass is 16.4. The number of likely N-dealkylation sites (N-methyl/N-ethyl adjacent to an activating group) is 2. The number of aryl methyl sites for hydroxylation is 1. The Hall–Kier alpha value is -1.55. The van der Waals surface area contributed by atoms with Crippen LogP contribution in [0.25, 0.3) is 0 Å². The predicted octanol–water partition coefficient (Wildman–Crippen LogP) is 2.61. The van der Waals surface area contributed by atoms with E-state index >= 15 is 0 Å². The van der Waals surface area contributed by atoms with Crippen LogP contribution < -0.4 is 4.90 Å². The van der Waals surface area contributed by atoms with Crippen LogP contribution in [0.1, 0.15) is 35.2 Å². The molecule has 1 fully saturated rings. The second-order valence-corrected chi connectivity index (χ2v) is 6.15. The quantitative estimate of drug-likeness (QED) is 0.898. The Morgan fingerprint density at radius 3 is 2.40 bits per heavy atom. The lowest BCUT2D eigenvalue weighted by atomic mass is 9.75. The number of rotatable bonds is 5. The lowest BCUT2D eigenvalue weighted by molar-refractivity contribution is 0.0670. The molecule has 4 nitrogen and oxygen atoms in total. The number of benzene rings is 1. The lowest BCUT2D eigenvalue weighted by Crippen LogP contribution is -2.56. The van der Waals surface area contributed by atoms with Crippen LogP contribution in [-0.4, -0.2) is 49.2 Å². The molecular formula is C16H24N2O2. The summed E-state index contributed by atoms with van der Waals surface area (Å²) in [6.45, 7) is 2.86. The molecule has 4 heteroatoms. The number of hydrogen-bond acceptors (Lipinski definition) is 3. The van der Waals surface area contributed by atoms with Crippen LogP contribution in [0, 0.1) is 6.92 Å². The lowest BCUT2D eigenvalue weighted by Gasteiger charge is -2.49. The number of aromatic carboxylic acids is 1. The fourth-order valence-corrected chi connectivity index (χ4v) is 3.00. The van der Waals surface area contributed by atoms with E-state index in [-0.39, 0.29) is 5.54 Å². The Balaban J connectivity index is 2.27. The Kier molecular flexibility index (Phi) is 4.04. The molecule has 0 aliphatic heterocycles. The molecule has 0 aromatic heterocycles. The molecule has 0 unspecified atom stereocenters. The van der Waals surface area contributed by atoms with Crippen LogP contribution in [0.2, 0.25) is 0 Å². The van der Waals surface area contributed by atoms with Gasteiger partial charge >= 0.3 is 5.97 Å². The van der Waals surface area contributed by atoms with E-state index in [9.17, 15) is 9.90 Å². The number of nitrogens with zero attached hydrogens (tertiary/aromatic N) is 2. The Morgan fingerprint density at radius 2 is 1.95 bits per heavy atom. The van der Waals surface area contributed by atoms with Crippen LogP contribution in [0.3, 0.4) is 0 Å². The van der Waals surface area contributed by atoms with Gasteiger partial charge in [-0.3, -0.25) is 0 Å². The van der Waals surface area contributed by atoms with Crippen molar-refractivity contribution in [1.82, 2.24) is 4.90 Å². The molecule has 1 N–H and O–H groups in total. The number of carboxylic acid groups (broad SMARTS) is 1. The second-order valence-electron chi connectivity index (χ2n) is 6.15. The van der Waals surface area contributed by atoms with Gasteiger partial charge in [-0.15, -0.1) is 0 Å². The number of carbonyl (C=O) groups is 1. The molecule has 0 heterocycles. The zero-order valence-corrected chi connectivity index (χ0v) is 12.8. The van der Waals surface area contributed by atoms with Gasteiger partial charge in [-0.1, -0.05) is 6.07 Å². The summed E-state index contributed by atoms with van der Waals surface area (Å²) in [5.74, 6) is -0.862. The first-order valence-corrected chi connectivity index (χ1v) is 7.08. The number of anilines is 1. The Morgan fingerprint density at radius 1 is 1.30 bits per heavy atom. The zero-order valence-electron chi connectivity index (χ0n) is 12.8. The van der Waals surface area contributed by atoms with Crippen molar-refractivity contribution in [2.75, 3.05) is 32.6 Å². The fraction of sp³-hybridized carbons (Fsp3) is 0.562. The molecule has 0 amide bonds. The normalized spacial score (nSPS) is 16.9. The summed E-state index contributed by atoms with van der Waals surface area (Å²) in [6, 6.07) is 5.52. The summed E-state index contributed by atoms with van der Waals surface area (Å²) in [5, 5.41) is 9.35. The maximum atomic E-state index is 11.4. The SMILES string of the molecule is Cc1ccc(C(=O)O)c(N(C)CC2(N(C)C)CCC2)c1. The van der Waals surface area contributed by atoms with Crippen molar-refractivity contribution in [2.24, 2.45) is 0 Å². The van der Waals surface area contributed by atoms with Crippen LogP contribution >= 0.6 is 0 Å². The van der Waals surface area contributed by atoms with Gasteiger partial charge in [-0.05, 0) is 58.0 Å². The molecule has 0 bridgehead atoms. The van der Waals surface area contributed by atoms with Crippen molar-refractivity contribution < 1.29 is 9.90 Å². The third-order valence-electron chi connectivity index (χ3n) is 4.56. The molecule has 1 aromatic carbocycles. The van der Waals surface area contributed by atoms with Gasteiger partial charge in [0.1, 0.15) is 0 Å². The largest absolute Gasteiger partial charge is 0.478 e. The fourth-order valence-electron chi connectivity index (χ4n) is 3.00. The van der Waals surface area contributed by atoms with E-state index in [0.717, 1.165) is 17.8 Å². The van der Waals surface area contributed by atoms with Gasteiger partial charge in [0.15, 0.2) is 0 Å². The monoisotopic (exact) mass is 276 g/mol. The molecule has 110 valence electrons. The van der Waals surface area contributed by atoms with Crippen molar-refractivity contribution in [3.05, 3.63) is 29.3 Å². The standard InChI is InChI=1S/C16H24N2O2/c1-12-6-7-13(15(19)20)14(10-12)18(4)11-16(17(2)3)8-5-9-16/h6-7,10H,5,8-9,11H2,1-4H3,(H,19,20). The first-order valence-electron chi connectivity index (χ1n) is 7.08. The minimum Gasteiger partial charge on any atom is -0.478 e. The van der Waals surface area contributed by atoms with Crippen LogP contribution in [0.4, 0.5) is 5.69 Å². The molecule has 1 saturated carbocycles. The molecule has 0 spiro atoms. The van der Waals surface area contributed by atoms with Gasteiger partial charge in [0.25, 0.3) is 0 Å². The van der Waals surface area contributed by atoms with Crippen molar-refractivity contribution in [1.29, 1.82) is 0 Å². The molecule has 1 aromatic rings. The average molecular weight is 276 g/mol. The average Bonchev–Trinajstić information content (AvgIpc) is 2.32. The summed E-state index contributed by atoms with van der Waals surface area (Å²) >= 11 is 0. The van der Waals surface area contributed by atoms with Crippen LogP contribution in [-0.2, 0) is 0 Å². The Bertz CT molecular complexity index is 507. The highest BCUT2D eigenvalue weighted by Gasteiger charge is 2.40. The van der Waals surface area contributed by atoms with E-state index in [0.29, 0.717) is 5.56 Å². The van der Waals surface area contributed by atoms with Crippen LogP contribution in [0.5, 0.6) is 0 Å².